The maximum atomic E-state index is 14.4. The Balaban J connectivity index is 1.55. The van der Waals surface area contributed by atoms with Gasteiger partial charge in [0.1, 0.15) is 16.7 Å². The SMILES string of the molecule is CC(=O)O[C@@H]1[C@H](OC(C)=O)[C@@H](c2cc(Br)no2)O[C@H]1n1cnc2c(Nc3ccc(Cl)cc3F)ncnc21. The molecular formula is C22H17BrClFN6O6. The maximum Gasteiger partial charge on any atom is 0.303 e. The zero-order chi connectivity index (χ0) is 26.3. The van der Waals surface area contributed by atoms with Crippen LogP contribution in [0.3, 0.4) is 0 Å². The number of carbonyl (C=O) groups excluding carboxylic acids is 2. The normalized spacial score (nSPS) is 21.2. The van der Waals surface area contributed by atoms with E-state index in [1.165, 1.54) is 43.2 Å². The van der Waals surface area contributed by atoms with Crippen molar-refractivity contribution in [2.24, 2.45) is 0 Å². The van der Waals surface area contributed by atoms with Crippen LogP contribution in [0, 0.1) is 5.82 Å². The minimum Gasteiger partial charge on any atom is -0.455 e. The zero-order valence-corrected chi connectivity index (χ0v) is 21.4. The number of ether oxygens (including phenoxy) is 3. The number of imidazole rings is 1. The van der Waals surface area contributed by atoms with E-state index in [0.717, 1.165) is 6.07 Å². The van der Waals surface area contributed by atoms with E-state index < -0.39 is 42.3 Å². The van der Waals surface area contributed by atoms with Crippen molar-refractivity contribution in [1.29, 1.82) is 0 Å². The van der Waals surface area contributed by atoms with Gasteiger partial charge in [-0.15, -0.1) is 0 Å². The van der Waals surface area contributed by atoms with Crippen LogP contribution in [0.1, 0.15) is 31.9 Å². The van der Waals surface area contributed by atoms with Crippen LogP contribution < -0.4 is 5.32 Å². The largest absolute Gasteiger partial charge is 0.455 e. The lowest BCUT2D eigenvalue weighted by molar-refractivity contribution is -0.165. The Morgan fingerprint density at radius 1 is 1.14 bits per heavy atom. The molecule has 4 aromatic rings. The van der Waals surface area contributed by atoms with Gasteiger partial charge in [0.05, 0.1) is 12.0 Å². The zero-order valence-electron chi connectivity index (χ0n) is 19.1. The molecule has 4 heterocycles. The van der Waals surface area contributed by atoms with Gasteiger partial charge in [0.15, 0.2) is 47.3 Å². The highest BCUT2D eigenvalue weighted by molar-refractivity contribution is 9.10. The number of nitrogens with zero attached hydrogens (tertiary/aromatic N) is 5. The molecule has 1 aromatic carbocycles. The summed E-state index contributed by atoms with van der Waals surface area (Å²) in [6.45, 7) is 2.44. The number of anilines is 2. The summed E-state index contributed by atoms with van der Waals surface area (Å²) in [7, 11) is 0. The van der Waals surface area contributed by atoms with E-state index in [1.807, 2.05) is 0 Å². The average Bonchev–Trinajstić information content (AvgIpc) is 3.53. The molecule has 0 unspecified atom stereocenters. The van der Waals surface area contributed by atoms with Crippen LogP contribution in [0.4, 0.5) is 15.9 Å². The number of aromatic nitrogens is 5. The van der Waals surface area contributed by atoms with E-state index in [4.69, 9.17) is 30.3 Å². The molecule has 0 radical (unpaired) electrons. The van der Waals surface area contributed by atoms with E-state index in [1.54, 1.807) is 6.07 Å². The van der Waals surface area contributed by atoms with Gasteiger partial charge in [-0.05, 0) is 34.1 Å². The number of nitrogens with one attached hydrogen (secondary N) is 1. The number of fused-ring (bicyclic) bond motifs is 1. The summed E-state index contributed by atoms with van der Waals surface area (Å²) in [6, 6.07) is 5.69. The lowest BCUT2D eigenvalue weighted by Gasteiger charge is -2.23. The Kier molecular flexibility index (Phi) is 6.79. The van der Waals surface area contributed by atoms with Crippen LogP contribution in [0.25, 0.3) is 11.2 Å². The third-order valence-corrected chi connectivity index (χ3v) is 6.00. The number of hydrogen-bond donors (Lipinski definition) is 1. The van der Waals surface area contributed by atoms with Crippen molar-refractivity contribution in [3.8, 4) is 0 Å². The number of carbonyl (C=O) groups is 2. The van der Waals surface area contributed by atoms with E-state index >= 15 is 0 Å². The van der Waals surface area contributed by atoms with Crippen LogP contribution in [0.2, 0.25) is 5.02 Å². The Labute approximate surface area is 221 Å². The molecule has 12 nitrogen and oxygen atoms in total. The second kappa shape index (κ2) is 10.0. The van der Waals surface area contributed by atoms with Crippen molar-refractivity contribution in [2.75, 3.05) is 5.32 Å². The molecule has 37 heavy (non-hydrogen) atoms. The molecule has 0 saturated carbocycles. The third kappa shape index (κ3) is 4.99. The Hall–Kier alpha value is -3.62. The Bertz CT molecular complexity index is 1500. The number of hydrogen-bond acceptors (Lipinski definition) is 11. The van der Waals surface area contributed by atoms with Crippen molar-refractivity contribution in [3.05, 3.63) is 58.1 Å². The highest BCUT2D eigenvalue weighted by atomic mass is 79.9. The van der Waals surface area contributed by atoms with Gasteiger partial charge in [0.25, 0.3) is 0 Å². The molecule has 4 atom stereocenters. The maximum absolute atomic E-state index is 14.4. The summed E-state index contributed by atoms with van der Waals surface area (Å²) < 4.78 is 38.8. The summed E-state index contributed by atoms with van der Waals surface area (Å²) in [4.78, 5) is 36.8. The molecule has 1 aliphatic heterocycles. The molecule has 0 bridgehead atoms. The smallest absolute Gasteiger partial charge is 0.303 e. The summed E-state index contributed by atoms with van der Waals surface area (Å²) in [5, 5.41) is 6.91. The highest BCUT2D eigenvalue weighted by Crippen LogP contribution is 2.44. The summed E-state index contributed by atoms with van der Waals surface area (Å²) in [5.41, 5.74) is 0.673. The molecule has 3 aromatic heterocycles. The van der Waals surface area contributed by atoms with Crippen molar-refractivity contribution in [2.45, 2.75) is 38.4 Å². The number of halogens is 3. The molecule has 15 heteroatoms. The summed E-state index contributed by atoms with van der Waals surface area (Å²) >= 11 is 9.05. The van der Waals surface area contributed by atoms with Gasteiger partial charge in [-0.25, -0.2) is 19.3 Å². The van der Waals surface area contributed by atoms with E-state index in [2.05, 4.69) is 41.4 Å². The molecule has 1 fully saturated rings. The summed E-state index contributed by atoms with van der Waals surface area (Å²) in [6.07, 6.45) is -1.55. The molecule has 0 spiro atoms. The minimum atomic E-state index is -1.10. The number of benzene rings is 1. The molecule has 5 rings (SSSR count). The highest BCUT2D eigenvalue weighted by Gasteiger charge is 2.52. The van der Waals surface area contributed by atoms with E-state index in [9.17, 15) is 14.0 Å². The first-order valence-electron chi connectivity index (χ1n) is 10.7. The van der Waals surface area contributed by atoms with Crippen molar-refractivity contribution < 1.29 is 32.7 Å². The quantitative estimate of drug-likeness (QED) is 0.320. The summed E-state index contributed by atoms with van der Waals surface area (Å²) in [5.74, 6) is -1.39. The van der Waals surface area contributed by atoms with Gasteiger partial charge in [-0.3, -0.25) is 14.2 Å². The van der Waals surface area contributed by atoms with Gasteiger partial charge in [-0.2, -0.15) is 0 Å². The van der Waals surface area contributed by atoms with Gasteiger partial charge in [0, 0.05) is 24.9 Å². The fourth-order valence-corrected chi connectivity index (χ4v) is 4.44. The molecule has 1 N–H and O–H groups in total. The topological polar surface area (TPSA) is 143 Å². The van der Waals surface area contributed by atoms with Gasteiger partial charge >= 0.3 is 11.9 Å². The van der Waals surface area contributed by atoms with Gasteiger partial charge in [0.2, 0.25) is 0 Å². The Morgan fingerprint density at radius 2 is 1.89 bits per heavy atom. The third-order valence-electron chi connectivity index (χ3n) is 5.39. The number of esters is 2. The first-order valence-corrected chi connectivity index (χ1v) is 11.9. The first-order chi connectivity index (χ1) is 17.7. The fraction of sp³-hybridized carbons (Fsp3) is 0.273. The molecule has 1 saturated heterocycles. The molecule has 0 aliphatic carbocycles. The van der Waals surface area contributed by atoms with Crippen molar-refractivity contribution >= 4 is 62.1 Å². The van der Waals surface area contributed by atoms with Gasteiger partial charge in [-0.1, -0.05) is 16.8 Å². The molecular weight excluding hydrogens is 579 g/mol. The second-order valence-electron chi connectivity index (χ2n) is 7.94. The monoisotopic (exact) mass is 594 g/mol. The van der Waals surface area contributed by atoms with E-state index in [0.29, 0.717) is 4.60 Å². The first kappa shape index (κ1) is 25.0. The van der Waals surface area contributed by atoms with Gasteiger partial charge < -0.3 is 24.1 Å². The van der Waals surface area contributed by atoms with Crippen LogP contribution >= 0.6 is 27.5 Å². The van der Waals surface area contributed by atoms with Crippen LogP contribution in [0.5, 0.6) is 0 Å². The number of rotatable bonds is 6. The lowest BCUT2D eigenvalue weighted by Crippen LogP contribution is -2.36. The molecule has 0 amide bonds. The van der Waals surface area contributed by atoms with Crippen LogP contribution in [-0.4, -0.2) is 48.8 Å². The van der Waals surface area contributed by atoms with Crippen LogP contribution in [0.15, 0.2) is 46.0 Å². The average molecular weight is 596 g/mol. The Morgan fingerprint density at radius 3 is 2.57 bits per heavy atom. The second-order valence-corrected chi connectivity index (χ2v) is 9.19. The standard InChI is InChI=1S/C22H17BrClFN6O6/c1-9(32)34-18-17(14-6-15(23)30-37-14)36-22(19(18)35-10(2)33)31-8-28-16-20(26-7-27-21(16)31)29-13-4-3-11(24)5-12(13)25/h3-8,17-19,22H,1-2H3,(H,26,27,29)/t17-,18-,19-,22-/m1/s1. The van der Waals surface area contributed by atoms with E-state index in [-0.39, 0.29) is 33.5 Å². The van der Waals surface area contributed by atoms with Crippen molar-refractivity contribution in [1.82, 2.24) is 24.7 Å². The van der Waals surface area contributed by atoms with Crippen LogP contribution in [-0.2, 0) is 23.8 Å². The predicted molar refractivity (Wildman–Crippen MR) is 128 cm³/mol. The van der Waals surface area contributed by atoms with Crippen molar-refractivity contribution in [3.63, 3.8) is 0 Å². The molecule has 192 valence electrons. The lowest BCUT2D eigenvalue weighted by atomic mass is 10.1. The predicted octanol–water partition coefficient (Wildman–Crippen LogP) is 4.25. The fourth-order valence-electron chi connectivity index (χ4n) is 3.98. The minimum absolute atomic E-state index is 0.125. The molecule has 1 aliphatic rings.